The molecule has 1 aliphatic heterocycles. The lowest BCUT2D eigenvalue weighted by Gasteiger charge is -2.30. The maximum Gasteiger partial charge on any atom is 0.248 e. The summed E-state index contributed by atoms with van der Waals surface area (Å²) in [6.07, 6.45) is 7.72. The molecule has 5 N–H and O–H groups in total. The van der Waals surface area contributed by atoms with E-state index in [4.69, 9.17) is 23.7 Å². The summed E-state index contributed by atoms with van der Waals surface area (Å²) >= 11 is 0. The minimum Gasteiger partial charge on any atom is -0.378 e. The van der Waals surface area contributed by atoms with Crippen LogP contribution in [0.2, 0.25) is 0 Å². The number of likely N-dealkylation sites (N-methyl/N-ethyl adjacent to an activating group) is 1. The Hall–Kier alpha value is -2.25. The molecule has 0 radical (unpaired) electrons. The molecule has 1 fully saturated rings. The summed E-state index contributed by atoms with van der Waals surface area (Å²) < 4.78 is 21.5. The number of ether oxygens (including phenoxy) is 4. The molecule has 0 spiro atoms. The zero-order chi connectivity index (χ0) is 38.4. The van der Waals surface area contributed by atoms with E-state index in [0.29, 0.717) is 59.0 Å². The SMILES string of the molecule is CC.CC.CCC.CN.CNCCOCCOCCOCCOCC(=O)N1CCC(C)CC1.Cc1ccc(CCCC=O)cc1.NCC=O. The van der Waals surface area contributed by atoms with Crippen molar-refractivity contribution in [1.29, 1.82) is 0 Å². The molecule has 49 heavy (non-hydrogen) atoms. The van der Waals surface area contributed by atoms with Crippen molar-refractivity contribution in [2.75, 3.05) is 93.1 Å². The van der Waals surface area contributed by atoms with Gasteiger partial charge in [0, 0.05) is 32.6 Å². The van der Waals surface area contributed by atoms with Crippen LogP contribution < -0.4 is 16.8 Å². The number of carbonyl (C=O) groups excluding carboxylic acids is 3. The molecular weight excluding hydrogens is 624 g/mol. The van der Waals surface area contributed by atoms with Gasteiger partial charge in [0.2, 0.25) is 5.91 Å². The van der Waals surface area contributed by atoms with Crippen LogP contribution in [0, 0.1) is 12.8 Å². The molecule has 2 rings (SSSR count). The first-order chi connectivity index (χ1) is 23.9. The molecule has 1 heterocycles. The summed E-state index contributed by atoms with van der Waals surface area (Å²) in [5.74, 6) is 0.814. The van der Waals surface area contributed by atoms with Gasteiger partial charge in [-0.3, -0.25) is 4.79 Å². The van der Waals surface area contributed by atoms with Gasteiger partial charge in [0.15, 0.2) is 0 Å². The molecule has 0 bridgehead atoms. The van der Waals surface area contributed by atoms with E-state index in [1.165, 1.54) is 24.6 Å². The van der Waals surface area contributed by atoms with Crippen molar-refractivity contribution in [1.82, 2.24) is 10.2 Å². The summed E-state index contributed by atoms with van der Waals surface area (Å²) in [5, 5.41) is 3.01. The van der Waals surface area contributed by atoms with E-state index in [9.17, 15) is 9.59 Å². The Labute approximate surface area is 301 Å². The van der Waals surface area contributed by atoms with Gasteiger partial charge in [-0.05, 0) is 58.2 Å². The Morgan fingerprint density at radius 1 is 0.837 bits per heavy atom. The van der Waals surface area contributed by atoms with Crippen molar-refractivity contribution in [3.05, 3.63) is 35.4 Å². The monoisotopic (exact) mass is 703 g/mol. The second-order valence-electron chi connectivity index (χ2n) is 10.2. The third kappa shape index (κ3) is 47.9. The van der Waals surface area contributed by atoms with E-state index in [2.05, 4.69) is 68.7 Å². The van der Waals surface area contributed by atoms with Crippen LogP contribution in [0.25, 0.3) is 0 Å². The minimum atomic E-state index is 0.0866. The van der Waals surface area contributed by atoms with Crippen molar-refractivity contribution in [2.24, 2.45) is 17.4 Å². The third-order valence-corrected chi connectivity index (χ3v) is 5.98. The average Bonchev–Trinajstić information content (AvgIpc) is 3.14. The molecule has 0 atom stereocenters. The summed E-state index contributed by atoms with van der Waals surface area (Å²) in [4.78, 5) is 32.9. The summed E-state index contributed by atoms with van der Waals surface area (Å²) in [6.45, 7) is 23.3. The Balaban J connectivity index is -0.000000214. The Bertz CT molecular complexity index is 748. The van der Waals surface area contributed by atoms with Crippen LogP contribution in [0.15, 0.2) is 24.3 Å². The number of piperidine rings is 1. The summed E-state index contributed by atoms with van der Waals surface area (Å²) in [6, 6.07) is 8.47. The number of aryl methyl sites for hydroxylation is 2. The largest absolute Gasteiger partial charge is 0.378 e. The van der Waals surface area contributed by atoms with Crippen LogP contribution in [0.1, 0.15) is 91.7 Å². The third-order valence-electron chi connectivity index (χ3n) is 5.98. The molecule has 0 unspecified atom stereocenters. The number of amides is 1. The molecule has 1 aromatic rings. The Morgan fingerprint density at radius 2 is 1.27 bits per heavy atom. The number of nitrogens with two attached hydrogens (primary N) is 2. The molecule has 1 amide bonds. The van der Waals surface area contributed by atoms with Crippen LogP contribution in [-0.2, 0) is 39.8 Å². The van der Waals surface area contributed by atoms with E-state index in [0.717, 1.165) is 57.5 Å². The molecule has 0 saturated carbocycles. The molecule has 0 aliphatic carbocycles. The van der Waals surface area contributed by atoms with Crippen LogP contribution >= 0.6 is 0 Å². The van der Waals surface area contributed by atoms with Crippen LogP contribution in [0.3, 0.4) is 0 Å². The number of carbonyl (C=O) groups is 3. The molecule has 1 aliphatic rings. The van der Waals surface area contributed by atoms with Gasteiger partial charge in [-0.15, -0.1) is 0 Å². The van der Waals surface area contributed by atoms with E-state index in [1.54, 1.807) is 0 Å². The van der Waals surface area contributed by atoms with Gasteiger partial charge >= 0.3 is 0 Å². The lowest BCUT2D eigenvalue weighted by Crippen LogP contribution is -2.40. The number of likely N-dealkylation sites (tertiary alicyclic amines) is 1. The zero-order valence-electron chi connectivity index (χ0n) is 33.2. The van der Waals surface area contributed by atoms with Gasteiger partial charge in [0.05, 0.1) is 46.2 Å². The van der Waals surface area contributed by atoms with Crippen molar-refractivity contribution in [2.45, 2.75) is 93.9 Å². The molecular formula is C38H78N4O7. The molecule has 11 nitrogen and oxygen atoms in total. The van der Waals surface area contributed by atoms with E-state index in [1.807, 2.05) is 39.6 Å². The number of aldehydes is 2. The number of nitrogens with one attached hydrogen (secondary N) is 1. The smallest absolute Gasteiger partial charge is 0.248 e. The van der Waals surface area contributed by atoms with Gasteiger partial charge in [-0.2, -0.15) is 0 Å². The van der Waals surface area contributed by atoms with Gasteiger partial charge in [0.1, 0.15) is 19.2 Å². The number of unbranched alkanes of at least 4 members (excludes halogenated alkanes) is 1. The predicted molar refractivity (Wildman–Crippen MR) is 206 cm³/mol. The number of hydrogen-bond acceptors (Lipinski definition) is 10. The number of nitrogens with zero attached hydrogens (tertiary/aromatic N) is 1. The van der Waals surface area contributed by atoms with Crippen molar-refractivity contribution >= 4 is 18.5 Å². The average molecular weight is 703 g/mol. The van der Waals surface area contributed by atoms with Crippen LogP contribution in [0.4, 0.5) is 0 Å². The van der Waals surface area contributed by atoms with Crippen LogP contribution in [0.5, 0.6) is 0 Å². The van der Waals surface area contributed by atoms with E-state index >= 15 is 0 Å². The number of benzene rings is 1. The molecule has 1 saturated heterocycles. The predicted octanol–water partition coefficient (Wildman–Crippen LogP) is 5.23. The van der Waals surface area contributed by atoms with Gasteiger partial charge in [-0.1, -0.05) is 84.7 Å². The first-order valence-corrected chi connectivity index (χ1v) is 18.3. The molecule has 1 aromatic carbocycles. The van der Waals surface area contributed by atoms with Crippen molar-refractivity contribution in [3.8, 4) is 0 Å². The minimum absolute atomic E-state index is 0.0866. The second-order valence-corrected chi connectivity index (χ2v) is 10.2. The summed E-state index contributed by atoms with van der Waals surface area (Å²) in [5.41, 5.74) is 11.8. The highest BCUT2D eigenvalue weighted by Gasteiger charge is 2.19. The molecule has 0 aromatic heterocycles. The van der Waals surface area contributed by atoms with Gasteiger partial charge in [-0.25, -0.2) is 0 Å². The van der Waals surface area contributed by atoms with Gasteiger partial charge < -0.3 is 50.2 Å². The highest BCUT2D eigenvalue weighted by atomic mass is 16.6. The lowest BCUT2D eigenvalue weighted by atomic mass is 9.99. The molecule has 292 valence electrons. The fraction of sp³-hybridized carbons (Fsp3) is 0.763. The Morgan fingerprint density at radius 3 is 1.67 bits per heavy atom. The zero-order valence-corrected chi connectivity index (χ0v) is 33.2. The maximum absolute atomic E-state index is 11.9. The topological polar surface area (TPSA) is 155 Å². The highest BCUT2D eigenvalue weighted by molar-refractivity contribution is 5.77. The van der Waals surface area contributed by atoms with E-state index < -0.39 is 0 Å². The van der Waals surface area contributed by atoms with E-state index in [-0.39, 0.29) is 19.1 Å². The maximum atomic E-state index is 11.9. The standard InChI is InChI=1S/C17H34N2O5.C11H14O.C3H8.C2H5NO.2C2H6.CH5N/c1-16-3-6-19(7-4-16)17(20)15-24-14-13-23-12-11-22-10-9-21-8-5-18-2;1-10-5-7-11(8-6-10)4-2-3-9-12;1-3-2;3-1-2-4;3*1-2/h16,18H,3-15H2,1-2H3;5-9H,2-4H2,1H3;3H2,1-2H3;2H,1,3H2;2*1-2H3;2H2,1H3. The normalized spacial score (nSPS) is 11.4. The van der Waals surface area contributed by atoms with Crippen molar-refractivity contribution < 1.29 is 33.3 Å². The fourth-order valence-corrected chi connectivity index (χ4v) is 3.49. The first kappa shape index (κ1) is 56.1. The second kappa shape index (κ2) is 52.6. The van der Waals surface area contributed by atoms with Crippen LogP contribution in [-0.4, -0.2) is 117 Å². The first-order valence-electron chi connectivity index (χ1n) is 18.3. The highest BCUT2D eigenvalue weighted by Crippen LogP contribution is 2.15. The van der Waals surface area contributed by atoms with Crippen molar-refractivity contribution in [3.63, 3.8) is 0 Å². The Kier molecular flexibility index (Phi) is 60.2. The quantitative estimate of drug-likeness (QED) is 0.129. The number of rotatable bonds is 19. The summed E-state index contributed by atoms with van der Waals surface area (Å²) in [7, 11) is 3.39. The number of hydrogen-bond donors (Lipinski definition) is 3. The fourth-order valence-electron chi connectivity index (χ4n) is 3.49. The lowest BCUT2D eigenvalue weighted by molar-refractivity contribution is -0.138. The molecule has 11 heteroatoms. The van der Waals surface area contributed by atoms with Gasteiger partial charge in [0.25, 0.3) is 0 Å².